The average molecular weight is 325 g/mol. The third-order valence-corrected chi connectivity index (χ3v) is 2.74. The highest BCUT2D eigenvalue weighted by Gasteiger charge is 2.13. The molecule has 2 rings (SSSR count). The molecular formula is C13H12FN3O6. The summed E-state index contributed by atoms with van der Waals surface area (Å²) in [5.41, 5.74) is -0.673. The van der Waals surface area contributed by atoms with Crippen LogP contribution < -0.4 is 20.5 Å². The second kappa shape index (κ2) is 7.11. The molecule has 0 heterocycles. The van der Waals surface area contributed by atoms with Gasteiger partial charge < -0.3 is 15.2 Å². The smallest absolute Gasteiger partial charge is 0.417 e. The largest absolute Gasteiger partial charge is 0.595 e. The molecular weight excluding hydrogens is 313 g/mol. The zero-order valence-electron chi connectivity index (χ0n) is 11.4. The fourth-order valence-corrected chi connectivity index (χ4v) is 1.69. The summed E-state index contributed by atoms with van der Waals surface area (Å²) < 4.78 is 18.4. The van der Waals surface area contributed by atoms with Crippen LogP contribution in [0.25, 0.3) is 0 Å². The van der Waals surface area contributed by atoms with E-state index < -0.39 is 22.4 Å². The molecule has 0 fully saturated rings. The lowest BCUT2D eigenvalue weighted by atomic mass is 10.2. The summed E-state index contributed by atoms with van der Waals surface area (Å²) in [6, 6.07) is 8.02. The van der Waals surface area contributed by atoms with E-state index >= 15 is 0 Å². The molecule has 2 unspecified atom stereocenters. The molecule has 10 heteroatoms. The van der Waals surface area contributed by atoms with Crippen LogP contribution in [-0.2, 0) is 0 Å². The zero-order chi connectivity index (χ0) is 17.0. The summed E-state index contributed by atoms with van der Waals surface area (Å²) in [7, 11) is 0. The Hall–Kier alpha value is -2.60. The third-order valence-electron chi connectivity index (χ3n) is 2.74. The molecule has 9 nitrogen and oxygen atoms in total. The monoisotopic (exact) mass is 325 g/mol. The van der Waals surface area contributed by atoms with Crippen molar-refractivity contribution in [1.82, 2.24) is 0 Å². The molecule has 2 aromatic carbocycles. The lowest BCUT2D eigenvalue weighted by Crippen LogP contribution is -2.99. The highest BCUT2D eigenvalue weighted by Crippen LogP contribution is 2.19. The molecule has 23 heavy (non-hydrogen) atoms. The molecule has 0 saturated heterocycles. The van der Waals surface area contributed by atoms with Gasteiger partial charge >= 0.3 is 6.09 Å². The maximum atomic E-state index is 13.6. The number of carbonyl (C=O) groups is 1. The predicted molar refractivity (Wildman–Crippen MR) is 74.0 cm³/mol. The number of ether oxygens (including phenoxy) is 1. The Morgan fingerprint density at radius 3 is 2.39 bits per heavy atom. The second-order valence-corrected chi connectivity index (χ2v) is 4.35. The van der Waals surface area contributed by atoms with Crippen LogP contribution in [0.3, 0.4) is 0 Å². The van der Waals surface area contributed by atoms with Gasteiger partial charge in [-0.1, -0.05) is 6.07 Å². The molecule has 0 bridgehead atoms. The molecule has 0 spiro atoms. The van der Waals surface area contributed by atoms with E-state index in [1.807, 2.05) is 0 Å². The van der Waals surface area contributed by atoms with Crippen molar-refractivity contribution in [3.05, 3.63) is 58.7 Å². The summed E-state index contributed by atoms with van der Waals surface area (Å²) in [5, 5.41) is 38.9. The minimum absolute atomic E-state index is 0.0582. The fourth-order valence-electron chi connectivity index (χ4n) is 1.69. The van der Waals surface area contributed by atoms with E-state index in [2.05, 4.69) is 5.32 Å². The number of benzene rings is 2. The van der Waals surface area contributed by atoms with Gasteiger partial charge in [0.1, 0.15) is 11.6 Å². The first-order chi connectivity index (χ1) is 10.9. The van der Waals surface area contributed by atoms with Crippen molar-refractivity contribution in [3.8, 4) is 5.75 Å². The minimum Gasteiger partial charge on any atom is -0.595 e. The van der Waals surface area contributed by atoms with Crippen molar-refractivity contribution in [2.45, 2.75) is 0 Å². The van der Waals surface area contributed by atoms with Crippen LogP contribution >= 0.6 is 0 Å². The van der Waals surface area contributed by atoms with Crippen molar-refractivity contribution in [3.63, 3.8) is 0 Å². The van der Waals surface area contributed by atoms with Crippen molar-refractivity contribution in [2.75, 3.05) is 5.32 Å². The summed E-state index contributed by atoms with van der Waals surface area (Å²) in [6.07, 6.45) is -1.09. The van der Waals surface area contributed by atoms with E-state index in [9.17, 15) is 19.6 Å². The van der Waals surface area contributed by atoms with Crippen molar-refractivity contribution >= 4 is 23.2 Å². The number of amides is 1. The lowest BCUT2D eigenvalue weighted by Gasteiger charge is -2.14. The maximum Gasteiger partial charge on any atom is 0.417 e. The first-order valence-electron chi connectivity index (χ1n) is 6.22. The molecule has 5 N–H and O–H groups in total. The van der Waals surface area contributed by atoms with Gasteiger partial charge in [-0.25, -0.2) is 19.6 Å². The van der Waals surface area contributed by atoms with Crippen LogP contribution in [0.1, 0.15) is 0 Å². The van der Waals surface area contributed by atoms with E-state index in [1.54, 1.807) is 0 Å². The van der Waals surface area contributed by atoms with Gasteiger partial charge in [-0.15, -0.1) is 0 Å². The van der Waals surface area contributed by atoms with Crippen molar-refractivity contribution in [1.29, 1.82) is 0 Å². The fraction of sp³-hybridized carbons (Fsp3) is 0. The van der Waals surface area contributed by atoms with Gasteiger partial charge in [0.2, 0.25) is 0 Å². The quantitative estimate of drug-likeness (QED) is 0.511. The molecule has 2 atom stereocenters. The third kappa shape index (κ3) is 4.43. The second-order valence-electron chi connectivity index (χ2n) is 4.35. The summed E-state index contributed by atoms with van der Waals surface area (Å²) in [4.78, 5) is 11.7. The summed E-state index contributed by atoms with van der Waals surface area (Å²) >= 11 is 0. The molecule has 2 aromatic rings. The van der Waals surface area contributed by atoms with E-state index in [4.69, 9.17) is 15.2 Å². The normalized spacial score (nSPS) is 13.3. The molecule has 0 aromatic heterocycles. The highest BCUT2D eigenvalue weighted by molar-refractivity contribution is 5.87. The number of hydrogen-bond acceptors (Lipinski definition) is 6. The van der Waals surface area contributed by atoms with Gasteiger partial charge in [0, 0.05) is 24.3 Å². The van der Waals surface area contributed by atoms with E-state index in [0.29, 0.717) is 0 Å². The number of carbonyl (C=O) groups excluding carboxylic acids is 1. The van der Waals surface area contributed by atoms with Crippen molar-refractivity contribution < 1.29 is 34.8 Å². The van der Waals surface area contributed by atoms with Crippen LogP contribution in [-0.4, -0.2) is 16.5 Å². The molecule has 1 amide bonds. The average Bonchev–Trinajstić information content (AvgIpc) is 2.49. The Morgan fingerprint density at radius 2 is 1.74 bits per heavy atom. The van der Waals surface area contributed by atoms with E-state index in [0.717, 1.165) is 24.3 Å². The van der Waals surface area contributed by atoms with Gasteiger partial charge in [-0.05, 0) is 12.1 Å². The van der Waals surface area contributed by atoms with Gasteiger partial charge in [0.05, 0.1) is 5.69 Å². The number of anilines is 1. The lowest BCUT2D eigenvalue weighted by molar-refractivity contribution is -0.991. The number of nitrogens with one attached hydrogen (secondary N) is 3. The molecule has 0 aliphatic heterocycles. The standard InChI is InChI=1S/C13H12FN3O6/c14-11-5-4-9(17(21)22)7-12(11)15-13(18)23-10-3-1-2-8(6-10)16(19)20/h1-7,16-17,19,21H,(H,15,18). The topological polar surface area (TPSA) is 134 Å². The first-order valence-corrected chi connectivity index (χ1v) is 6.22. The van der Waals surface area contributed by atoms with Crippen LogP contribution in [0.4, 0.5) is 26.2 Å². The van der Waals surface area contributed by atoms with Crippen LogP contribution in [0.2, 0.25) is 0 Å². The number of halogens is 1. The number of hydrogen-bond donors (Lipinski definition) is 5. The van der Waals surface area contributed by atoms with E-state index in [-0.39, 0.29) is 22.8 Å². The summed E-state index contributed by atoms with van der Waals surface area (Å²) in [6.45, 7) is 0. The Bertz CT molecular complexity index is 710. The van der Waals surface area contributed by atoms with Crippen LogP contribution in [0, 0.1) is 16.2 Å². The Labute approximate surface area is 128 Å². The van der Waals surface area contributed by atoms with Crippen LogP contribution in [0.15, 0.2) is 42.5 Å². The number of quaternary nitrogens is 2. The summed E-state index contributed by atoms with van der Waals surface area (Å²) in [5.74, 6) is -0.900. The van der Waals surface area contributed by atoms with Gasteiger partial charge in [0.25, 0.3) is 0 Å². The van der Waals surface area contributed by atoms with Gasteiger partial charge in [0.15, 0.2) is 11.4 Å². The van der Waals surface area contributed by atoms with Crippen LogP contribution in [0.5, 0.6) is 5.75 Å². The maximum absolute atomic E-state index is 13.6. The molecule has 0 saturated carbocycles. The minimum atomic E-state index is -1.28. The Morgan fingerprint density at radius 1 is 1.09 bits per heavy atom. The molecule has 0 radical (unpaired) electrons. The Kier molecular flexibility index (Phi) is 5.18. The number of rotatable bonds is 4. The Balaban J connectivity index is 2.11. The van der Waals surface area contributed by atoms with Gasteiger partial charge in [-0.2, -0.15) is 10.5 Å². The molecule has 0 aliphatic carbocycles. The predicted octanol–water partition coefficient (Wildman–Crippen LogP) is 0.243. The SMILES string of the molecule is O=C(Nc1cc([NH+]([O-])O)ccc1F)Oc1cccc([NH+]([O-])O)c1. The molecule has 0 aliphatic rings. The highest BCUT2D eigenvalue weighted by atomic mass is 19.1. The molecule has 122 valence electrons. The van der Waals surface area contributed by atoms with E-state index in [1.165, 1.54) is 18.2 Å². The van der Waals surface area contributed by atoms with Gasteiger partial charge in [-0.3, -0.25) is 5.32 Å². The van der Waals surface area contributed by atoms with Crippen molar-refractivity contribution in [2.24, 2.45) is 0 Å². The zero-order valence-corrected chi connectivity index (χ0v) is 11.4. The first kappa shape index (κ1) is 16.8.